The quantitative estimate of drug-likeness (QED) is 0.772. The van der Waals surface area contributed by atoms with Crippen LogP contribution in [-0.4, -0.2) is 28.3 Å². The van der Waals surface area contributed by atoms with Crippen molar-refractivity contribution in [3.8, 4) is 0 Å². The van der Waals surface area contributed by atoms with Crippen molar-refractivity contribution in [1.82, 2.24) is 5.32 Å². The van der Waals surface area contributed by atoms with Gasteiger partial charge in [0.25, 0.3) is 0 Å². The minimum Gasteiger partial charge on any atom is -0.450 e. The highest BCUT2D eigenvalue weighted by atomic mass is 35.5. The normalized spacial score (nSPS) is 20.1. The lowest BCUT2D eigenvalue weighted by Gasteiger charge is -2.29. The van der Waals surface area contributed by atoms with Crippen molar-refractivity contribution in [2.24, 2.45) is 5.92 Å². The fraction of sp³-hybridized carbons (Fsp3) is 0.529. The van der Waals surface area contributed by atoms with Crippen LogP contribution in [-0.2, 0) is 11.2 Å². The van der Waals surface area contributed by atoms with Crippen molar-refractivity contribution in [2.45, 2.75) is 52.0 Å². The highest BCUT2D eigenvalue weighted by Crippen LogP contribution is 2.24. The molecule has 6 heteroatoms. The van der Waals surface area contributed by atoms with Crippen molar-refractivity contribution in [3.63, 3.8) is 0 Å². The minimum absolute atomic E-state index is 0.129. The summed E-state index contributed by atoms with van der Waals surface area (Å²) in [5, 5.41) is 17.9. The van der Waals surface area contributed by atoms with Gasteiger partial charge in [-0.05, 0) is 48.9 Å². The monoisotopic (exact) mass is 341 g/mol. The summed E-state index contributed by atoms with van der Waals surface area (Å²) in [5.41, 5.74) is 2.14. The number of carboxylic acid groups (broad SMARTS) is 2. The number of nitrogens with one attached hydrogen (secondary N) is 1. The molecular formula is C17H24ClNO4. The maximum Gasteiger partial charge on any atom is 0.503 e. The first kappa shape index (κ1) is 19.3. The summed E-state index contributed by atoms with van der Waals surface area (Å²) in [6.45, 7) is 4.23. The van der Waals surface area contributed by atoms with E-state index < -0.39 is 6.16 Å². The fourth-order valence-corrected chi connectivity index (χ4v) is 3.05. The van der Waals surface area contributed by atoms with Crippen LogP contribution in [0.4, 0.5) is 4.79 Å². The first-order chi connectivity index (χ1) is 10.8. The standard InChI is InChI=1S/C16H22ClNO.CH2O3/c1-11-5-3-4-6-15(11)18-16(19)10-13-7-8-14(17)9-12(13)2;2-1(3)4/h7-9,11,15H,3-6,10H2,1-2H3,(H,18,19);(H2,2,3,4). The molecule has 0 aliphatic heterocycles. The maximum atomic E-state index is 12.1. The van der Waals surface area contributed by atoms with E-state index in [0.29, 0.717) is 18.4 Å². The van der Waals surface area contributed by atoms with Gasteiger partial charge in [0, 0.05) is 11.1 Å². The molecule has 1 aliphatic carbocycles. The third kappa shape index (κ3) is 7.37. The molecule has 1 aliphatic rings. The predicted molar refractivity (Wildman–Crippen MR) is 90.1 cm³/mol. The SMILES string of the molecule is Cc1cc(Cl)ccc1CC(=O)NC1CCCCC1C.O=C(O)O. The van der Waals surface area contributed by atoms with Gasteiger partial charge in [-0.15, -0.1) is 0 Å². The lowest BCUT2D eigenvalue weighted by molar-refractivity contribution is -0.121. The second kappa shape index (κ2) is 9.40. The van der Waals surface area contributed by atoms with Gasteiger partial charge in [0.15, 0.2) is 0 Å². The van der Waals surface area contributed by atoms with Crippen molar-refractivity contribution in [2.75, 3.05) is 0 Å². The molecular weight excluding hydrogens is 318 g/mol. The Balaban J connectivity index is 0.000000593. The summed E-state index contributed by atoms with van der Waals surface area (Å²) in [5.74, 6) is 0.730. The molecule has 0 heterocycles. The average Bonchev–Trinajstić information content (AvgIpc) is 2.44. The van der Waals surface area contributed by atoms with Gasteiger partial charge in [-0.2, -0.15) is 0 Å². The summed E-state index contributed by atoms with van der Waals surface area (Å²) >= 11 is 5.93. The zero-order chi connectivity index (χ0) is 17.4. The number of carbonyl (C=O) groups excluding carboxylic acids is 1. The number of hydrogen-bond donors (Lipinski definition) is 3. The van der Waals surface area contributed by atoms with Gasteiger partial charge in [-0.3, -0.25) is 4.79 Å². The largest absolute Gasteiger partial charge is 0.503 e. The molecule has 0 spiro atoms. The van der Waals surface area contributed by atoms with E-state index in [1.165, 1.54) is 19.3 Å². The predicted octanol–water partition coefficient (Wildman–Crippen LogP) is 4.11. The highest BCUT2D eigenvalue weighted by Gasteiger charge is 2.22. The van der Waals surface area contributed by atoms with E-state index in [9.17, 15) is 4.79 Å². The second-order valence-electron chi connectivity index (χ2n) is 5.97. The van der Waals surface area contributed by atoms with Crippen molar-refractivity contribution < 1.29 is 19.8 Å². The van der Waals surface area contributed by atoms with E-state index >= 15 is 0 Å². The minimum atomic E-state index is -1.83. The average molecular weight is 342 g/mol. The molecule has 0 radical (unpaired) electrons. The van der Waals surface area contributed by atoms with Crippen LogP contribution in [0, 0.1) is 12.8 Å². The first-order valence-corrected chi connectivity index (χ1v) is 8.13. The molecule has 0 aromatic heterocycles. The van der Waals surface area contributed by atoms with E-state index in [-0.39, 0.29) is 5.91 Å². The molecule has 23 heavy (non-hydrogen) atoms. The zero-order valence-corrected chi connectivity index (χ0v) is 14.3. The smallest absolute Gasteiger partial charge is 0.450 e. The van der Waals surface area contributed by atoms with Gasteiger partial charge in [0.05, 0.1) is 6.42 Å². The number of amides is 1. The zero-order valence-electron chi connectivity index (χ0n) is 13.5. The maximum absolute atomic E-state index is 12.1. The number of hydrogen-bond acceptors (Lipinski definition) is 2. The van der Waals surface area contributed by atoms with E-state index in [1.807, 2.05) is 25.1 Å². The fourth-order valence-electron chi connectivity index (χ4n) is 2.82. The highest BCUT2D eigenvalue weighted by molar-refractivity contribution is 6.30. The van der Waals surface area contributed by atoms with Gasteiger partial charge in [-0.25, -0.2) is 4.79 Å². The summed E-state index contributed by atoms with van der Waals surface area (Å²) in [4.78, 5) is 20.7. The molecule has 1 aromatic carbocycles. The summed E-state index contributed by atoms with van der Waals surface area (Å²) < 4.78 is 0. The van der Waals surface area contributed by atoms with Gasteiger partial charge in [0.2, 0.25) is 5.91 Å². The Bertz CT molecular complexity index is 543. The molecule has 128 valence electrons. The van der Waals surface area contributed by atoms with Gasteiger partial charge < -0.3 is 15.5 Å². The van der Waals surface area contributed by atoms with Crippen LogP contribution >= 0.6 is 11.6 Å². The van der Waals surface area contributed by atoms with E-state index in [0.717, 1.165) is 22.6 Å². The molecule has 5 nitrogen and oxygen atoms in total. The number of benzene rings is 1. The summed E-state index contributed by atoms with van der Waals surface area (Å²) in [6.07, 6.45) is 3.49. The van der Waals surface area contributed by atoms with E-state index in [1.54, 1.807) is 0 Å². The van der Waals surface area contributed by atoms with Crippen molar-refractivity contribution in [1.29, 1.82) is 0 Å². The third-order valence-corrected chi connectivity index (χ3v) is 4.35. The van der Waals surface area contributed by atoms with Crippen molar-refractivity contribution in [3.05, 3.63) is 34.3 Å². The molecule has 0 bridgehead atoms. The van der Waals surface area contributed by atoms with Gasteiger partial charge in [-0.1, -0.05) is 37.4 Å². The Morgan fingerprint density at radius 3 is 2.43 bits per heavy atom. The molecule has 1 aromatic rings. The van der Waals surface area contributed by atoms with Crippen LogP contribution < -0.4 is 5.32 Å². The van der Waals surface area contributed by atoms with Crippen molar-refractivity contribution >= 4 is 23.7 Å². The lowest BCUT2D eigenvalue weighted by atomic mass is 9.86. The first-order valence-electron chi connectivity index (χ1n) is 7.76. The Labute approximate surface area is 141 Å². The molecule has 2 rings (SSSR count). The molecule has 0 saturated heterocycles. The molecule has 2 atom stereocenters. The number of rotatable bonds is 3. The van der Waals surface area contributed by atoms with Crippen LogP contribution in [0.5, 0.6) is 0 Å². The number of aryl methyl sites for hydroxylation is 1. The van der Waals surface area contributed by atoms with E-state index in [4.69, 9.17) is 26.6 Å². The Hall–Kier alpha value is -1.75. The van der Waals surface area contributed by atoms with E-state index in [2.05, 4.69) is 12.2 Å². The van der Waals surface area contributed by atoms with Crippen LogP contribution in [0.25, 0.3) is 0 Å². The molecule has 1 saturated carbocycles. The van der Waals surface area contributed by atoms with Gasteiger partial charge in [0.1, 0.15) is 0 Å². The molecule has 2 unspecified atom stereocenters. The van der Waals surface area contributed by atoms with Crippen LogP contribution in [0.15, 0.2) is 18.2 Å². The summed E-state index contributed by atoms with van der Waals surface area (Å²) in [6, 6.07) is 6.06. The third-order valence-electron chi connectivity index (χ3n) is 4.11. The van der Waals surface area contributed by atoms with Crippen LogP contribution in [0.2, 0.25) is 5.02 Å². The molecule has 3 N–H and O–H groups in total. The molecule has 1 fully saturated rings. The topological polar surface area (TPSA) is 86.6 Å². The van der Waals surface area contributed by atoms with Crippen LogP contribution in [0.3, 0.4) is 0 Å². The number of carbonyl (C=O) groups is 2. The Morgan fingerprint density at radius 2 is 1.87 bits per heavy atom. The number of halogens is 1. The molecule has 1 amide bonds. The Morgan fingerprint density at radius 1 is 1.26 bits per heavy atom. The summed E-state index contributed by atoms with van der Waals surface area (Å²) in [7, 11) is 0. The van der Waals surface area contributed by atoms with Crippen LogP contribution in [0.1, 0.15) is 43.7 Å². The van der Waals surface area contributed by atoms with Gasteiger partial charge >= 0.3 is 6.16 Å². The lowest BCUT2D eigenvalue weighted by Crippen LogP contribution is -2.41. The second-order valence-corrected chi connectivity index (χ2v) is 6.40. The Kier molecular flexibility index (Phi) is 7.89.